The van der Waals surface area contributed by atoms with Crippen LogP contribution < -0.4 is 0 Å². The van der Waals surface area contributed by atoms with E-state index in [4.69, 9.17) is 4.74 Å². The van der Waals surface area contributed by atoms with E-state index < -0.39 is 0 Å². The molecule has 2 aliphatic rings. The van der Waals surface area contributed by atoms with Crippen molar-refractivity contribution in [2.75, 3.05) is 26.3 Å². The molecule has 0 aromatic heterocycles. The third kappa shape index (κ3) is 3.69. The largest absolute Gasteiger partial charge is 0.393 e. The second-order valence-electron chi connectivity index (χ2n) is 6.38. The fraction of sp³-hybridized carbons (Fsp3) is 1.00. The minimum atomic E-state index is -0.0489. The van der Waals surface area contributed by atoms with E-state index in [2.05, 4.69) is 18.7 Å². The molecule has 3 heteroatoms. The summed E-state index contributed by atoms with van der Waals surface area (Å²) in [6, 6.07) is 0.616. The van der Waals surface area contributed by atoms with Crippen molar-refractivity contribution < 1.29 is 9.84 Å². The van der Waals surface area contributed by atoms with Crippen molar-refractivity contribution in [1.29, 1.82) is 0 Å². The Hall–Kier alpha value is -0.120. The molecule has 0 bridgehead atoms. The highest BCUT2D eigenvalue weighted by Gasteiger charge is 2.37. The lowest BCUT2D eigenvalue weighted by atomic mass is 9.94. The standard InChI is InChI=1S/C15H29NO2/c1-12(2)11-18-10-9-16-8-4-6-14(16)13-5-3-7-15(13)17/h12-15,17H,3-11H2,1-2H3. The van der Waals surface area contributed by atoms with Gasteiger partial charge in [0.25, 0.3) is 0 Å². The summed E-state index contributed by atoms with van der Waals surface area (Å²) in [5.41, 5.74) is 0. The van der Waals surface area contributed by atoms with Crippen LogP contribution in [0.15, 0.2) is 0 Å². The Morgan fingerprint density at radius 3 is 2.72 bits per heavy atom. The average molecular weight is 255 g/mol. The molecule has 3 atom stereocenters. The minimum absolute atomic E-state index is 0.0489. The Labute approximate surface area is 112 Å². The van der Waals surface area contributed by atoms with Crippen LogP contribution in [0.2, 0.25) is 0 Å². The maximum atomic E-state index is 10.1. The number of nitrogens with zero attached hydrogens (tertiary/aromatic N) is 1. The summed E-state index contributed by atoms with van der Waals surface area (Å²) in [6.07, 6.45) is 5.95. The van der Waals surface area contributed by atoms with E-state index in [1.54, 1.807) is 0 Å². The molecule has 1 aliphatic heterocycles. The van der Waals surface area contributed by atoms with Crippen LogP contribution in [0.25, 0.3) is 0 Å². The van der Waals surface area contributed by atoms with E-state index in [9.17, 15) is 5.11 Å². The molecule has 2 rings (SSSR count). The summed E-state index contributed by atoms with van der Waals surface area (Å²) in [6.45, 7) is 8.32. The number of hydrogen-bond donors (Lipinski definition) is 1. The van der Waals surface area contributed by atoms with Gasteiger partial charge in [0.1, 0.15) is 0 Å². The Bertz CT molecular complexity index is 245. The van der Waals surface area contributed by atoms with Crippen molar-refractivity contribution in [1.82, 2.24) is 4.90 Å². The Kier molecular flexibility index (Phi) is 5.46. The highest BCUT2D eigenvalue weighted by molar-refractivity contribution is 4.91. The maximum absolute atomic E-state index is 10.1. The van der Waals surface area contributed by atoms with Crippen LogP contribution in [0.3, 0.4) is 0 Å². The van der Waals surface area contributed by atoms with Crippen molar-refractivity contribution >= 4 is 0 Å². The summed E-state index contributed by atoms with van der Waals surface area (Å²) in [5, 5.41) is 10.1. The zero-order valence-corrected chi connectivity index (χ0v) is 12.0. The van der Waals surface area contributed by atoms with Crippen molar-refractivity contribution in [3.63, 3.8) is 0 Å². The topological polar surface area (TPSA) is 32.7 Å². The SMILES string of the molecule is CC(C)COCCN1CCCC1C1CCCC1O. The molecule has 106 valence electrons. The molecule has 0 aromatic carbocycles. The van der Waals surface area contributed by atoms with Crippen LogP contribution in [0.1, 0.15) is 46.0 Å². The lowest BCUT2D eigenvalue weighted by Crippen LogP contribution is -2.40. The number of aliphatic hydroxyl groups is 1. The van der Waals surface area contributed by atoms with Gasteiger partial charge < -0.3 is 9.84 Å². The van der Waals surface area contributed by atoms with Gasteiger partial charge in [0.2, 0.25) is 0 Å². The third-order valence-electron chi connectivity index (χ3n) is 4.41. The fourth-order valence-electron chi connectivity index (χ4n) is 3.53. The third-order valence-corrected chi connectivity index (χ3v) is 4.41. The zero-order valence-electron chi connectivity index (χ0n) is 12.0. The predicted molar refractivity (Wildman–Crippen MR) is 73.6 cm³/mol. The van der Waals surface area contributed by atoms with Gasteiger partial charge in [0, 0.05) is 25.1 Å². The summed E-state index contributed by atoms with van der Waals surface area (Å²) < 4.78 is 5.69. The van der Waals surface area contributed by atoms with Crippen LogP contribution in [0, 0.1) is 11.8 Å². The second-order valence-corrected chi connectivity index (χ2v) is 6.38. The van der Waals surface area contributed by atoms with Gasteiger partial charge in [-0.05, 0) is 38.1 Å². The molecule has 1 N–H and O–H groups in total. The molecule has 0 amide bonds. The molecule has 0 spiro atoms. The molecule has 3 nitrogen and oxygen atoms in total. The van der Waals surface area contributed by atoms with Gasteiger partial charge in [-0.2, -0.15) is 0 Å². The first-order valence-electron chi connectivity index (χ1n) is 7.68. The van der Waals surface area contributed by atoms with Crippen molar-refractivity contribution in [3.8, 4) is 0 Å². The van der Waals surface area contributed by atoms with Crippen LogP contribution in [-0.2, 0) is 4.74 Å². The van der Waals surface area contributed by atoms with Crippen molar-refractivity contribution in [3.05, 3.63) is 0 Å². The molecule has 18 heavy (non-hydrogen) atoms. The first-order chi connectivity index (χ1) is 8.68. The fourth-order valence-corrected chi connectivity index (χ4v) is 3.53. The number of hydrogen-bond acceptors (Lipinski definition) is 3. The Balaban J connectivity index is 1.73. The number of ether oxygens (including phenoxy) is 1. The first-order valence-corrected chi connectivity index (χ1v) is 7.68. The summed E-state index contributed by atoms with van der Waals surface area (Å²) in [5.74, 6) is 1.15. The second kappa shape index (κ2) is 6.88. The summed E-state index contributed by atoms with van der Waals surface area (Å²) in [4.78, 5) is 2.56. The molecular weight excluding hydrogens is 226 g/mol. The van der Waals surface area contributed by atoms with Gasteiger partial charge in [0.05, 0.1) is 12.7 Å². The van der Waals surface area contributed by atoms with Crippen LogP contribution >= 0.6 is 0 Å². The number of rotatable bonds is 6. The van der Waals surface area contributed by atoms with Crippen molar-refractivity contribution in [2.24, 2.45) is 11.8 Å². The maximum Gasteiger partial charge on any atom is 0.0593 e. The normalized spacial score (nSPS) is 33.7. The van der Waals surface area contributed by atoms with E-state index in [1.807, 2.05) is 0 Å². The van der Waals surface area contributed by atoms with Crippen LogP contribution in [0.4, 0.5) is 0 Å². The van der Waals surface area contributed by atoms with Gasteiger partial charge in [-0.25, -0.2) is 0 Å². The lowest BCUT2D eigenvalue weighted by Gasteiger charge is -2.31. The number of aliphatic hydroxyl groups excluding tert-OH is 1. The molecule has 1 saturated carbocycles. The van der Waals surface area contributed by atoms with E-state index >= 15 is 0 Å². The minimum Gasteiger partial charge on any atom is -0.393 e. The lowest BCUT2D eigenvalue weighted by molar-refractivity contribution is 0.0469. The molecule has 2 fully saturated rings. The van der Waals surface area contributed by atoms with Gasteiger partial charge in [-0.3, -0.25) is 4.90 Å². The van der Waals surface area contributed by atoms with E-state index in [-0.39, 0.29) is 6.10 Å². The summed E-state index contributed by atoms with van der Waals surface area (Å²) in [7, 11) is 0. The average Bonchev–Trinajstić information content (AvgIpc) is 2.92. The molecule has 1 heterocycles. The Morgan fingerprint density at radius 1 is 1.22 bits per heavy atom. The van der Waals surface area contributed by atoms with Crippen molar-refractivity contribution in [2.45, 2.75) is 58.1 Å². The van der Waals surface area contributed by atoms with Crippen LogP contribution in [-0.4, -0.2) is 48.5 Å². The smallest absolute Gasteiger partial charge is 0.0593 e. The molecule has 1 saturated heterocycles. The highest BCUT2D eigenvalue weighted by Crippen LogP contribution is 2.35. The van der Waals surface area contributed by atoms with Gasteiger partial charge in [0.15, 0.2) is 0 Å². The van der Waals surface area contributed by atoms with E-state index in [0.717, 1.165) is 26.2 Å². The molecule has 1 aliphatic carbocycles. The quantitative estimate of drug-likeness (QED) is 0.739. The molecule has 0 aromatic rings. The summed E-state index contributed by atoms with van der Waals surface area (Å²) >= 11 is 0. The monoisotopic (exact) mass is 255 g/mol. The van der Waals surface area contributed by atoms with Gasteiger partial charge >= 0.3 is 0 Å². The Morgan fingerprint density at radius 2 is 2.06 bits per heavy atom. The molecular formula is C15H29NO2. The highest BCUT2D eigenvalue weighted by atomic mass is 16.5. The molecule has 3 unspecified atom stereocenters. The molecule has 0 radical (unpaired) electrons. The van der Waals surface area contributed by atoms with Crippen LogP contribution in [0.5, 0.6) is 0 Å². The zero-order chi connectivity index (χ0) is 13.0. The van der Waals surface area contributed by atoms with E-state index in [1.165, 1.54) is 32.2 Å². The number of likely N-dealkylation sites (tertiary alicyclic amines) is 1. The predicted octanol–water partition coefficient (Wildman–Crippen LogP) is 2.28. The van der Waals surface area contributed by atoms with Gasteiger partial charge in [-0.15, -0.1) is 0 Å². The first kappa shape index (κ1) is 14.3. The van der Waals surface area contributed by atoms with E-state index in [0.29, 0.717) is 17.9 Å². The van der Waals surface area contributed by atoms with Gasteiger partial charge in [-0.1, -0.05) is 20.3 Å².